The quantitative estimate of drug-likeness (QED) is 0.907. The molecule has 0 aliphatic heterocycles. The molecule has 17 heavy (non-hydrogen) atoms. The van der Waals surface area contributed by atoms with Gasteiger partial charge in [0.2, 0.25) is 0 Å². The molecule has 2 heterocycles. The highest BCUT2D eigenvalue weighted by Gasteiger charge is 2.15. The molecule has 0 amide bonds. The molecule has 0 saturated heterocycles. The van der Waals surface area contributed by atoms with Crippen LogP contribution in [0, 0.1) is 6.92 Å². The number of aryl methyl sites for hydroxylation is 1. The van der Waals surface area contributed by atoms with Gasteiger partial charge in [0, 0.05) is 18.5 Å². The monoisotopic (exact) mass is 250 g/mol. The number of thiophene rings is 1. The van der Waals surface area contributed by atoms with E-state index in [1.54, 1.807) is 17.7 Å². The van der Waals surface area contributed by atoms with E-state index >= 15 is 0 Å². The van der Waals surface area contributed by atoms with Gasteiger partial charge in [0.25, 0.3) is 0 Å². The summed E-state index contributed by atoms with van der Waals surface area (Å²) in [5.41, 5.74) is 8.70. The van der Waals surface area contributed by atoms with Crippen LogP contribution < -0.4 is 5.73 Å². The molecule has 0 aliphatic carbocycles. The van der Waals surface area contributed by atoms with Crippen LogP contribution in [0.4, 0.5) is 0 Å². The van der Waals surface area contributed by atoms with Crippen molar-refractivity contribution in [2.24, 2.45) is 5.73 Å². The lowest BCUT2D eigenvalue weighted by molar-refractivity contribution is 0.493. The third kappa shape index (κ3) is 2.56. The largest absolute Gasteiger partial charge is 0.324 e. The summed E-state index contributed by atoms with van der Waals surface area (Å²) in [7, 11) is 0. The van der Waals surface area contributed by atoms with Crippen LogP contribution in [0.2, 0.25) is 0 Å². The van der Waals surface area contributed by atoms with E-state index in [1.807, 2.05) is 4.68 Å². The Labute approximate surface area is 105 Å². The Morgan fingerprint density at radius 1 is 1.41 bits per heavy atom. The molecule has 92 valence electrons. The van der Waals surface area contributed by atoms with Crippen LogP contribution in [-0.4, -0.2) is 14.8 Å². The van der Waals surface area contributed by atoms with Crippen molar-refractivity contribution in [1.82, 2.24) is 14.8 Å². The van der Waals surface area contributed by atoms with Gasteiger partial charge in [-0.1, -0.05) is 0 Å². The molecule has 0 aliphatic rings. The number of hydrogen-bond acceptors (Lipinski definition) is 4. The van der Waals surface area contributed by atoms with Gasteiger partial charge in [-0.05, 0) is 42.7 Å². The maximum atomic E-state index is 6.23. The minimum absolute atomic E-state index is 0.00273. The van der Waals surface area contributed by atoms with Gasteiger partial charge < -0.3 is 5.73 Å². The second-order valence-corrected chi connectivity index (χ2v) is 5.28. The zero-order valence-electron chi connectivity index (χ0n) is 10.4. The first-order chi connectivity index (χ1) is 8.09. The number of nitrogens with two attached hydrogens (primary N) is 1. The summed E-state index contributed by atoms with van der Waals surface area (Å²) in [6.07, 6.45) is 2.33. The van der Waals surface area contributed by atoms with E-state index < -0.39 is 0 Å². The van der Waals surface area contributed by atoms with Crippen molar-refractivity contribution in [1.29, 1.82) is 0 Å². The lowest BCUT2D eigenvalue weighted by Crippen LogP contribution is -2.18. The Morgan fingerprint density at radius 3 is 2.76 bits per heavy atom. The summed E-state index contributed by atoms with van der Waals surface area (Å²) in [6.45, 7) is 6.29. The zero-order chi connectivity index (χ0) is 12.4. The fourth-order valence-corrected chi connectivity index (χ4v) is 2.82. The van der Waals surface area contributed by atoms with Crippen LogP contribution in [0.3, 0.4) is 0 Å². The SMILES string of the molecule is Cc1cscc1C(N)Cc1ncnn1C(C)C. The summed E-state index contributed by atoms with van der Waals surface area (Å²) in [5, 5.41) is 8.47. The van der Waals surface area contributed by atoms with Crippen molar-refractivity contribution >= 4 is 11.3 Å². The minimum atomic E-state index is 0.00273. The van der Waals surface area contributed by atoms with Crippen molar-refractivity contribution in [2.75, 3.05) is 0 Å². The molecule has 0 fully saturated rings. The topological polar surface area (TPSA) is 56.7 Å². The number of nitrogens with zero attached hydrogens (tertiary/aromatic N) is 3. The Balaban J connectivity index is 2.16. The smallest absolute Gasteiger partial charge is 0.138 e. The van der Waals surface area contributed by atoms with Crippen molar-refractivity contribution in [3.63, 3.8) is 0 Å². The predicted molar refractivity (Wildman–Crippen MR) is 70.1 cm³/mol. The second kappa shape index (κ2) is 4.98. The fourth-order valence-electron chi connectivity index (χ4n) is 1.91. The molecule has 1 atom stereocenters. The van der Waals surface area contributed by atoms with Gasteiger partial charge in [-0.25, -0.2) is 9.67 Å². The Kier molecular flexibility index (Phi) is 3.59. The highest BCUT2D eigenvalue weighted by molar-refractivity contribution is 7.08. The van der Waals surface area contributed by atoms with E-state index in [0.29, 0.717) is 6.04 Å². The van der Waals surface area contributed by atoms with Crippen LogP contribution >= 0.6 is 11.3 Å². The average Bonchev–Trinajstić information content (AvgIpc) is 2.86. The van der Waals surface area contributed by atoms with Gasteiger partial charge in [-0.15, -0.1) is 0 Å². The van der Waals surface area contributed by atoms with Gasteiger partial charge in [-0.3, -0.25) is 0 Å². The summed E-state index contributed by atoms with van der Waals surface area (Å²) in [4.78, 5) is 4.29. The van der Waals surface area contributed by atoms with Gasteiger partial charge >= 0.3 is 0 Å². The Morgan fingerprint density at radius 2 is 2.18 bits per heavy atom. The summed E-state index contributed by atoms with van der Waals surface area (Å²) < 4.78 is 1.93. The van der Waals surface area contributed by atoms with Crippen LogP contribution in [0.15, 0.2) is 17.1 Å². The fraction of sp³-hybridized carbons (Fsp3) is 0.500. The lowest BCUT2D eigenvalue weighted by Gasteiger charge is -2.14. The van der Waals surface area contributed by atoms with Gasteiger partial charge in [0.15, 0.2) is 0 Å². The van der Waals surface area contributed by atoms with Crippen LogP contribution in [0.5, 0.6) is 0 Å². The third-order valence-corrected chi connectivity index (χ3v) is 3.71. The lowest BCUT2D eigenvalue weighted by atomic mass is 10.0. The zero-order valence-corrected chi connectivity index (χ0v) is 11.2. The molecule has 2 N–H and O–H groups in total. The van der Waals surface area contributed by atoms with Crippen LogP contribution in [-0.2, 0) is 6.42 Å². The Hall–Kier alpha value is -1.20. The molecule has 1 unspecified atom stereocenters. The van der Waals surface area contributed by atoms with Crippen LogP contribution in [0.1, 0.15) is 42.9 Å². The molecule has 0 bridgehead atoms. The van der Waals surface area contributed by atoms with Crippen molar-refractivity contribution < 1.29 is 0 Å². The summed E-state index contributed by atoms with van der Waals surface area (Å²) >= 11 is 1.69. The molecule has 4 nitrogen and oxygen atoms in total. The van der Waals surface area contributed by atoms with E-state index in [0.717, 1.165) is 12.2 Å². The van der Waals surface area contributed by atoms with E-state index in [9.17, 15) is 0 Å². The van der Waals surface area contributed by atoms with E-state index in [-0.39, 0.29) is 6.04 Å². The van der Waals surface area contributed by atoms with E-state index in [1.165, 1.54) is 11.1 Å². The maximum Gasteiger partial charge on any atom is 0.138 e. The summed E-state index contributed by atoms with van der Waals surface area (Å²) in [6, 6.07) is 0.325. The molecule has 0 aromatic carbocycles. The highest BCUT2D eigenvalue weighted by Crippen LogP contribution is 2.22. The van der Waals surface area contributed by atoms with Crippen LogP contribution in [0.25, 0.3) is 0 Å². The highest BCUT2D eigenvalue weighted by atomic mass is 32.1. The van der Waals surface area contributed by atoms with E-state index in [4.69, 9.17) is 5.73 Å². The molecule has 0 saturated carbocycles. The second-order valence-electron chi connectivity index (χ2n) is 4.54. The van der Waals surface area contributed by atoms with Gasteiger partial charge in [-0.2, -0.15) is 16.4 Å². The predicted octanol–water partition coefficient (Wildman–Crippen LogP) is 2.47. The molecule has 2 aromatic heterocycles. The van der Waals surface area contributed by atoms with Crippen molar-refractivity contribution in [3.05, 3.63) is 34.0 Å². The maximum absolute atomic E-state index is 6.23. The third-order valence-electron chi connectivity index (χ3n) is 2.83. The molecular formula is C12H18N4S. The molecular weight excluding hydrogens is 232 g/mol. The first-order valence-electron chi connectivity index (χ1n) is 5.76. The first-order valence-corrected chi connectivity index (χ1v) is 6.70. The Bertz CT molecular complexity index is 486. The number of hydrogen-bond donors (Lipinski definition) is 1. The first kappa shape index (κ1) is 12.3. The molecule has 0 radical (unpaired) electrons. The molecule has 5 heteroatoms. The van der Waals surface area contributed by atoms with Crippen molar-refractivity contribution in [3.8, 4) is 0 Å². The minimum Gasteiger partial charge on any atom is -0.324 e. The molecule has 2 aromatic rings. The standard InChI is InChI=1S/C12H18N4S/c1-8(2)16-12(14-7-15-16)4-11(13)10-6-17-5-9(10)3/h5-8,11H,4,13H2,1-3H3. The van der Waals surface area contributed by atoms with Crippen molar-refractivity contribution in [2.45, 2.75) is 39.3 Å². The van der Waals surface area contributed by atoms with Gasteiger partial charge in [0.05, 0.1) is 0 Å². The normalized spacial score (nSPS) is 13.2. The molecule has 2 rings (SSSR count). The number of aromatic nitrogens is 3. The molecule has 0 spiro atoms. The van der Waals surface area contributed by atoms with Gasteiger partial charge in [0.1, 0.15) is 12.2 Å². The summed E-state index contributed by atoms with van der Waals surface area (Å²) in [5.74, 6) is 0.957. The average molecular weight is 250 g/mol. The number of rotatable bonds is 4. The van der Waals surface area contributed by atoms with E-state index in [2.05, 4.69) is 41.6 Å².